The standard InChI is InChI=1S/C60H64N3O.Pt/c1-37-18-20-39(21-19-37)42-28-29-61-51(34-42)44-31-43(32-46(33-44)58(6,7)8)48-16-15-17-53-54(48)62-56(49-35-47(59(9,10)11)36-50(55(49)64)60(12,13)14)63(53)52-27-24-41(30-38(52)2)40-22-25-45(26-23-40)57(3,4)5;/h15-30,32-36,64H,1-14H3;/q-1;/i2D3,9D3,10D3,11D3,12D3,13D3,14D3;. The second-order valence-corrected chi connectivity index (χ2v) is 18.7. The number of hydrogen-bond acceptors (Lipinski definition) is 3. The van der Waals surface area contributed by atoms with Crippen LogP contribution in [0.25, 0.3) is 72.7 Å². The summed E-state index contributed by atoms with van der Waals surface area (Å²) in [7, 11) is 0. The van der Waals surface area contributed by atoms with Crippen molar-refractivity contribution in [1.82, 2.24) is 14.5 Å². The molecule has 0 aliphatic heterocycles. The number of pyridine rings is 1. The Balaban J connectivity index is 0.0000106. The molecule has 8 aromatic rings. The predicted octanol–water partition coefficient (Wildman–Crippen LogP) is 16.1. The number of aromatic nitrogens is 3. The summed E-state index contributed by atoms with van der Waals surface area (Å²) in [4.78, 5) is 9.79. The van der Waals surface area contributed by atoms with Crippen LogP contribution < -0.4 is 0 Å². The Morgan fingerprint density at radius 3 is 1.85 bits per heavy atom. The van der Waals surface area contributed by atoms with E-state index in [1.165, 1.54) is 22.8 Å². The number of aromatic hydroxyl groups is 1. The van der Waals surface area contributed by atoms with E-state index in [2.05, 4.69) is 6.07 Å². The van der Waals surface area contributed by atoms with Crippen molar-refractivity contribution < 1.29 is 55.0 Å². The number of imidazole rings is 1. The zero-order valence-corrected chi connectivity index (χ0v) is 39.5. The van der Waals surface area contributed by atoms with Crippen LogP contribution in [0.4, 0.5) is 0 Å². The molecule has 0 spiro atoms. The number of phenols is 1. The Labute approximate surface area is 432 Å². The molecule has 0 atom stereocenters. The van der Waals surface area contributed by atoms with E-state index in [1.54, 1.807) is 24.4 Å². The van der Waals surface area contributed by atoms with E-state index in [9.17, 15) is 5.11 Å². The largest absolute Gasteiger partial charge is 0.507 e. The first-order valence-corrected chi connectivity index (χ1v) is 21.0. The van der Waals surface area contributed by atoms with Crippen LogP contribution >= 0.6 is 0 Å². The number of aryl methyl sites for hydroxylation is 2. The van der Waals surface area contributed by atoms with Gasteiger partial charge in [0.1, 0.15) is 11.6 Å². The molecule has 8 rings (SSSR count). The minimum atomic E-state index is -4.23. The van der Waals surface area contributed by atoms with Crippen LogP contribution in [-0.2, 0) is 42.7 Å². The normalized spacial score (nSPS) is 18.5. The Kier molecular flexibility index (Phi) is 7.24. The first kappa shape index (κ1) is 27.2. The number of hydrogen-bond donors (Lipinski definition) is 1. The summed E-state index contributed by atoms with van der Waals surface area (Å²) >= 11 is 0. The van der Waals surface area contributed by atoms with E-state index in [0.717, 1.165) is 27.8 Å². The smallest absolute Gasteiger partial charge is 0.148 e. The van der Waals surface area contributed by atoms with Gasteiger partial charge in [0.2, 0.25) is 0 Å². The molecule has 0 aliphatic rings. The van der Waals surface area contributed by atoms with Crippen LogP contribution in [0.1, 0.15) is 145 Å². The molecule has 6 aromatic carbocycles. The SMILES string of the molecule is [2H]C([2H])([2H])c1cc(-c2ccc(C(C)(C)C)cc2)ccc1-n1c(-c2cc(C(C([2H])([2H])[2H])(C([2H])([2H])[2H])C([2H])([2H])[2H])cc(C(C([2H])([2H])[2H])(C([2H])([2H])[2H])C([2H])([2H])[2H])c2O)nc2c(-c3[c-]c(-c4cc(-c5ccc(C)cc5)ccn4)cc(C(C)(C)C)c3)cccc21.[Pt]. The minimum Gasteiger partial charge on any atom is -0.507 e. The monoisotopic (exact) mass is 1060 g/mol. The maximum atomic E-state index is 13.0. The second-order valence-electron chi connectivity index (χ2n) is 18.7. The van der Waals surface area contributed by atoms with Gasteiger partial charge >= 0.3 is 0 Å². The molecule has 0 aliphatic carbocycles. The van der Waals surface area contributed by atoms with Crippen molar-refractivity contribution in [2.45, 2.75) is 118 Å². The van der Waals surface area contributed by atoms with Gasteiger partial charge in [0, 0.05) is 67.3 Å². The molecule has 0 amide bonds. The zero-order valence-electron chi connectivity index (χ0n) is 58.2. The Hall–Kier alpha value is -5.57. The average molecular weight is 1060 g/mol. The average Bonchev–Trinajstić information content (AvgIpc) is 0.795. The minimum absolute atomic E-state index is 0. The van der Waals surface area contributed by atoms with Crippen molar-refractivity contribution in [2.24, 2.45) is 0 Å². The summed E-state index contributed by atoms with van der Waals surface area (Å²) in [5.74, 6) is -2.14. The third-order valence-corrected chi connectivity index (χ3v) is 11.6. The molecular weight excluding hydrogens is 974 g/mol. The van der Waals surface area contributed by atoms with E-state index in [-0.39, 0.29) is 60.4 Å². The fraction of sp³-hybridized carbons (Fsp3) is 0.300. The number of benzene rings is 6. The van der Waals surface area contributed by atoms with Gasteiger partial charge in [0.25, 0.3) is 0 Å². The van der Waals surface area contributed by atoms with E-state index < -0.39 is 92.5 Å². The molecule has 0 saturated heterocycles. The molecule has 0 saturated carbocycles. The molecule has 2 aromatic heterocycles. The summed E-state index contributed by atoms with van der Waals surface area (Å²) in [6.07, 6.45) is 1.67. The molecular formula is C60H64N3OPt-. The molecule has 336 valence electrons. The summed E-state index contributed by atoms with van der Waals surface area (Å²) < 4.78 is 186. The van der Waals surface area contributed by atoms with Crippen LogP contribution in [0.3, 0.4) is 0 Å². The molecule has 1 N–H and O–H groups in total. The third kappa shape index (κ3) is 9.57. The van der Waals surface area contributed by atoms with Gasteiger partial charge in [-0.3, -0.25) is 9.55 Å². The van der Waals surface area contributed by atoms with Crippen LogP contribution in [0, 0.1) is 19.8 Å². The van der Waals surface area contributed by atoms with E-state index in [4.69, 9.17) is 38.8 Å². The van der Waals surface area contributed by atoms with Gasteiger partial charge in [-0.2, -0.15) is 0 Å². The molecule has 4 nitrogen and oxygen atoms in total. The van der Waals surface area contributed by atoms with Crippen LogP contribution in [0.15, 0.2) is 128 Å². The van der Waals surface area contributed by atoms with Crippen molar-refractivity contribution in [3.8, 4) is 67.5 Å². The van der Waals surface area contributed by atoms with Gasteiger partial charge in [-0.15, -0.1) is 29.3 Å². The summed E-state index contributed by atoms with van der Waals surface area (Å²) in [6, 6.07) is 36.4. The zero-order chi connectivity index (χ0) is 63.6. The number of phenolic OH excluding ortho intramolecular Hbond substituents is 1. The molecule has 5 heteroatoms. The van der Waals surface area contributed by atoms with Gasteiger partial charge in [-0.1, -0.05) is 178 Å². The van der Waals surface area contributed by atoms with E-state index in [1.807, 2.05) is 121 Å². The molecule has 65 heavy (non-hydrogen) atoms. The number of fused-ring (bicyclic) bond motifs is 1. The molecule has 0 unspecified atom stereocenters. The maximum absolute atomic E-state index is 13.0. The molecule has 0 fully saturated rings. The first-order chi connectivity index (χ1) is 38.7. The van der Waals surface area contributed by atoms with Gasteiger partial charge in [-0.25, -0.2) is 4.98 Å². The molecule has 2 heterocycles. The van der Waals surface area contributed by atoms with Crippen molar-refractivity contribution in [3.63, 3.8) is 0 Å². The van der Waals surface area contributed by atoms with E-state index in [0.29, 0.717) is 34.0 Å². The second kappa shape index (κ2) is 17.3. The summed E-state index contributed by atoms with van der Waals surface area (Å²) in [5.41, 5.74) is -6.17. The quantitative estimate of drug-likeness (QED) is 0.169. The first-order valence-electron chi connectivity index (χ1n) is 31.5. The van der Waals surface area contributed by atoms with Crippen LogP contribution in [0.2, 0.25) is 0 Å². The van der Waals surface area contributed by atoms with Crippen molar-refractivity contribution in [2.75, 3.05) is 0 Å². The van der Waals surface area contributed by atoms with Gasteiger partial charge in [0.15, 0.2) is 0 Å². The van der Waals surface area contributed by atoms with Crippen LogP contribution in [-0.4, -0.2) is 19.6 Å². The van der Waals surface area contributed by atoms with E-state index >= 15 is 0 Å². The summed E-state index contributed by atoms with van der Waals surface area (Å²) in [5, 5.41) is 13.0. The third-order valence-electron chi connectivity index (χ3n) is 11.6. The number of rotatable bonds is 6. The topological polar surface area (TPSA) is 50.9 Å². The maximum Gasteiger partial charge on any atom is 0.148 e. The summed E-state index contributed by atoms with van der Waals surface area (Å²) in [6.45, 7) is -14.0. The Morgan fingerprint density at radius 1 is 0.585 bits per heavy atom. The Morgan fingerprint density at radius 2 is 1.20 bits per heavy atom. The van der Waals surface area contributed by atoms with Gasteiger partial charge < -0.3 is 5.11 Å². The fourth-order valence-corrected chi connectivity index (χ4v) is 7.91. The number of nitrogens with zero attached hydrogens (tertiary/aromatic N) is 3. The van der Waals surface area contributed by atoms with Crippen molar-refractivity contribution in [1.29, 1.82) is 0 Å². The molecule has 0 radical (unpaired) electrons. The Bertz CT molecular complexity index is 3760. The number of para-hydroxylation sites is 1. The van der Waals surface area contributed by atoms with Crippen molar-refractivity contribution >= 4 is 11.0 Å². The fourth-order valence-electron chi connectivity index (χ4n) is 7.91. The van der Waals surface area contributed by atoms with Crippen molar-refractivity contribution in [3.05, 3.63) is 167 Å². The molecule has 0 bridgehead atoms. The predicted molar refractivity (Wildman–Crippen MR) is 271 cm³/mol. The van der Waals surface area contributed by atoms with Gasteiger partial charge in [0.05, 0.1) is 22.3 Å². The van der Waals surface area contributed by atoms with Gasteiger partial charge in [-0.05, 0) is 105 Å². The van der Waals surface area contributed by atoms with Crippen LogP contribution in [0.5, 0.6) is 5.75 Å².